The van der Waals surface area contributed by atoms with E-state index in [1.807, 2.05) is 6.92 Å². The summed E-state index contributed by atoms with van der Waals surface area (Å²) in [6, 6.07) is 7.56. The Morgan fingerprint density at radius 1 is 1.23 bits per heavy atom. The Morgan fingerprint density at radius 3 is 2.53 bits per heavy atom. The van der Waals surface area contributed by atoms with E-state index in [4.69, 9.17) is 23.2 Å². The lowest BCUT2D eigenvalue weighted by Gasteiger charge is -2.14. The minimum atomic E-state index is -2.27. The van der Waals surface area contributed by atoms with Crippen LogP contribution in [-0.4, -0.2) is 41.9 Å². The molecule has 1 aromatic carbocycles. The Hall–Kier alpha value is -2.49. The standard InChI is InChI=1S/C19H20Cl2N6O2S/c1-4-30(3,29)26-16-5-6-17(22-10-16)27-18(23-11-24-27)12(2)25-19(28)13-7-14(20)9-15(21)8-13/h5-12H,4H2,1-3H3,(H,25,28)/t12-,30?/m0/s1. The van der Waals surface area contributed by atoms with Gasteiger partial charge in [0.1, 0.15) is 6.33 Å². The van der Waals surface area contributed by atoms with Crippen molar-refractivity contribution in [2.75, 3.05) is 12.0 Å². The SMILES string of the molecule is CCS(C)(=O)=Nc1ccc(-n2ncnc2[C@H](C)NC(=O)c2cc(Cl)cc(Cl)c2)nc1. The average molecular weight is 467 g/mol. The highest BCUT2D eigenvalue weighted by Crippen LogP contribution is 2.21. The Bertz CT molecular complexity index is 1170. The molecule has 0 fully saturated rings. The largest absolute Gasteiger partial charge is 0.342 e. The lowest BCUT2D eigenvalue weighted by Crippen LogP contribution is -2.28. The first-order valence-corrected chi connectivity index (χ1v) is 11.9. The molecule has 0 bridgehead atoms. The maximum atomic E-state index is 12.6. The quantitative estimate of drug-likeness (QED) is 0.585. The van der Waals surface area contributed by atoms with Gasteiger partial charge in [-0.05, 0) is 37.3 Å². The van der Waals surface area contributed by atoms with Crippen LogP contribution in [0.1, 0.15) is 36.1 Å². The smallest absolute Gasteiger partial charge is 0.251 e. The zero-order valence-electron chi connectivity index (χ0n) is 16.5. The lowest BCUT2D eigenvalue weighted by molar-refractivity contribution is 0.0938. The molecule has 8 nitrogen and oxygen atoms in total. The van der Waals surface area contributed by atoms with Crippen molar-refractivity contribution in [3.63, 3.8) is 0 Å². The summed E-state index contributed by atoms with van der Waals surface area (Å²) in [7, 11) is -2.27. The van der Waals surface area contributed by atoms with E-state index in [1.165, 1.54) is 29.3 Å². The summed E-state index contributed by atoms with van der Waals surface area (Å²) in [5.41, 5.74) is 0.863. The molecule has 0 aliphatic rings. The first kappa shape index (κ1) is 22.2. The second-order valence-electron chi connectivity index (χ2n) is 6.60. The number of nitrogens with one attached hydrogen (secondary N) is 1. The topological polar surface area (TPSA) is 102 Å². The van der Waals surface area contributed by atoms with Gasteiger partial charge in [0.2, 0.25) is 0 Å². The molecule has 2 atom stereocenters. The molecule has 3 rings (SSSR count). The summed E-state index contributed by atoms with van der Waals surface area (Å²) in [5.74, 6) is 1.09. The van der Waals surface area contributed by atoms with Crippen LogP contribution in [0.4, 0.5) is 5.69 Å². The number of hydrogen-bond acceptors (Lipinski definition) is 6. The van der Waals surface area contributed by atoms with Crippen LogP contribution < -0.4 is 5.32 Å². The number of benzene rings is 1. The second-order valence-corrected chi connectivity index (χ2v) is 10.1. The van der Waals surface area contributed by atoms with E-state index in [2.05, 4.69) is 24.7 Å². The zero-order valence-corrected chi connectivity index (χ0v) is 18.9. The third kappa shape index (κ3) is 5.35. The summed E-state index contributed by atoms with van der Waals surface area (Å²) in [6.07, 6.45) is 4.51. The molecule has 0 saturated carbocycles. The molecule has 1 amide bonds. The van der Waals surface area contributed by atoms with E-state index in [0.29, 0.717) is 38.7 Å². The van der Waals surface area contributed by atoms with Crippen LogP contribution in [0, 0.1) is 0 Å². The van der Waals surface area contributed by atoms with Crippen LogP contribution >= 0.6 is 23.2 Å². The highest BCUT2D eigenvalue weighted by atomic mass is 35.5. The Balaban J connectivity index is 1.81. The molecular formula is C19H20Cl2N6O2S. The van der Waals surface area contributed by atoms with Gasteiger partial charge in [-0.2, -0.15) is 14.1 Å². The minimum absolute atomic E-state index is 0.341. The third-order valence-electron chi connectivity index (χ3n) is 4.22. The minimum Gasteiger partial charge on any atom is -0.342 e. The number of carbonyl (C=O) groups excluding carboxylic acids is 1. The number of aromatic nitrogens is 4. The van der Waals surface area contributed by atoms with E-state index < -0.39 is 15.8 Å². The van der Waals surface area contributed by atoms with Crippen molar-refractivity contribution in [3.8, 4) is 5.82 Å². The normalized spacial score (nSPS) is 14.0. The fourth-order valence-electron chi connectivity index (χ4n) is 2.60. The number of hydrogen-bond donors (Lipinski definition) is 1. The summed E-state index contributed by atoms with van der Waals surface area (Å²) in [6.45, 7) is 3.60. The summed E-state index contributed by atoms with van der Waals surface area (Å²) >= 11 is 11.9. The van der Waals surface area contributed by atoms with E-state index in [9.17, 15) is 9.00 Å². The molecule has 1 N–H and O–H groups in total. The molecule has 0 spiro atoms. The van der Waals surface area contributed by atoms with Crippen molar-refractivity contribution in [1.29, 1.82) is 0 Å². The van der Waals surface area contributed by atoms with Gasteiger partial charge in [-0.3, -0.25) is 4.79 Å². The van der Waals surface area contributed by atoms with Gasteiger partial charge < -0.3 is 5.32 Å². The van der Waals surface area contributed by atoms with Crippen LogP contribution in [0.15, 0.2) is 47.2 Å². The van der Waals surface area contributed by atoms with Gasteiger partial charge in [-0.1, -0.05) is 30.1 Å². The van der Waals surface area contributed by atoms with Crippen LogP contribution in [-0.2, 0) is 9.73 Å². The highest BCUT2D eigenvalue weighted by molar-refractivity contribution is 7.93. The molecule has 30 heavy (non-hydrogen) atoms. The second kappa shape index (κ2) is 9.11. The zero-order chi connectivity index (χ0) is 21.9. The monoisotopic (exact) mass is 466 g/mol. The molecule has 2 aromatic heterocycles. The fourth-order valence-corrected chi connectivity index (χ4v) is 3.81. The number of pyridine rings is 1. The number of rotatable bonds is 6. The van der Waals surface area contributed by atoms with Gasteiger partial charge >= 0.3 is 0 Å². The molecule has 0 aliphatic carbocycles. The maximum Gasteiger partial charge on any atom is 0.251 e. The van der Waals surface area contributed by atoms with Crippen molar-refractivity contribution < 1.29 is 9.00 Å². The van der Waals surface area contributed by atoms with Crippen LogP contribution in [0.3, 0.4) is 0 Å². The van der Waals surface area contributed by atoms with Crippen molar-refractivity contribution >= 4 is 44.5 Å². The molecule has 0 radical (unpaired) electrons. The first-order valence-electron chi connectivity index (χ1n) is 9.01. The van der Waals surface area contributed by atoms with Gasteiger partial charge in [-0.15, -0.1) is 0 Å². The molecule has 11 heteroatoms. The average Bonchev–Trinajstić information content (AvgIpc) is 3.17. The number of carbonyl (C=O) groups is 1. The number of halogens is 2. The molecule has 2 heterocycles. The van der Waals surface area contributed by atoms with Crippen molar-refractivity contribution in [2.24, 2.45) is 4.36 Å². The summed E-state index contributed by atoms with van der Waals surface area (Å²) < 4.78 is 17.9. The Kier molecular flexibility index (Phi) is 6.74. The highest BCUT2D eigenvalue weighted by Gasteiger charge is 2.19. The molecule has 0 aliphatic heterocycles. The van der Waals surface area contributed by atoms with E-state index in [1.54, 1.807) is 31.4 Å². The molecule has 3 aromatic rings. The molecule has 1 unspecified atom stereocenters. The summed E-state index contributed by atoms with van der Waals surface area (Å²) in [5, 5.41) is 7.79. The first-order chi connectivity index (χ1) is 14.2. The predicted octanol–water partition coefficient (Wildman–Crippen LogP) is 4.21. The number of nitrogens with zero attached hydrogens (tertiary/aromatic N) is 5. The van der Waals surface area contributed by atoms with Gasteiger partial charge in [0, 0.05) is 37.3 Å². The van der Waals surface area contributed by atoms with E-state index in [-0.39, 0.29) is 5.91 Å². The Morgan fingerprint density at radius 2 is 1.93 bits per heavy atom. The van der Waals surface area contributed by atoms with Crippen molar-refractivity contribution in [2.45, 2.75) is 19.9 Å². The maximum absolute atomic E-state index is 12.6. The molecular weight excluding hydrogens is 447 g/mol. The van der Waals surface area contributed by atoms with Gasteiger partial charge in [-0.25, -0.2) is 14.2 Å². The fraction of sp³-hybridized carbons (Fsp3) is 0.263. The van der Waals surface area contributed by atoms with E-state index >= 15 is 0 Å². The molecule has 158 valence electrons. The predicted molar refractivity (Wildman–Crippen MR) is 118 cm³/mol. The molecule has 0 saturated heterocycles. The van der Waals surface area contributed by atoms with Gasteiger partial charge in [0.25, 0.3) is 5.91 Å². The van der Waals surface area contributed by atoms with Gasteiger partial charge in [0.05, 0.1) is 17.9 Å². The third-order valence-corrected chi connectivity index (χ3v) is 6.32. The summed E-state index contributed by atoms with van der Waals surface area (Å²) in [4.78, 5) is 21.1. The van der Waals surface area contributed by atoms with Gasteiger partial charge in [0.15, 0.2) is 11.6 Å². The van der Waals surface area contributed by atoms with E-state index in [0.717, 1.165) is 0 Å². The van der Waals surface area contributed by atoms with Crippen LogP contribution in [0.25, 0.3) is 5.82 Å². The van der Waals surface area contributed by atoms with Crippen LogP contribution in [0.5, 0.6) is 0 Å². The van der Waals surface area contributed by atoms with Crippen molar-refractivity contribution in [3.05, 3.63) is 64.3 Å². The number of amides is 1. The van der Waals surface area contributed by atoms with Crippen molar-refractivity contribution in [1.82, 2.24) is 25.1 Å². The Labute approximate surface area is 184 Å². The van der Waals surface area contributed by atoms with Crippen LogP contribution in [0.2, 0.25) is 10.0 Å². The lowest BCUT2D eigenvalue weighted by atomic mass is 10.2.